The molecule has 1 N–H and O–H groups in total. The average molecular weight is 284 g/mol. The third-order valence-corrected chi connectivity index (χ3v) is 2.24. The van der Waals surface area contributed by atoms with Gasteiger partial charge in [0.05, 0.1) is 6.20 Å². The molecular weight excluding hydrogens is 278 g/mol. The van der Waals surface area contributed by atoms with E-state index in [-0.39, 0.29) is 11.8 Å². The van der Waals surface area contributed by atoms with Gasteiger partial charge in [-0.15, -0.1) is 0 Å². The van der Waals surface area contributed by atoms with Crippen molar-refractivity contribution in [2.75, 3.05) is 0 Å². The smallest absolute Gasteiger partial charge is 0.399 e. The normalized spacial score (nSPS) is 10.1. The van der Waals surface area contributed by atoms with Gasteiger partial charge in [-0.3, -0.25) is 0 Å². The number of hydrogen-bond acceptors (Lipinski definition) is 4. The van der Waals surface area contributed by atoms with E-state index >= 15 is 0 Å². The van der Waals surface area contributed by atoms with E-state index in [1.165, 1.54) is 0 Å². The van der Waals surface area contributed by atoms with Crippen molar-refractivity contribution in [3.8, 4) is 11.8 Å². The summed E-state index contributed by atoms with van der Waals surface area (Å²) in [6.45, 7) is 0. The average Bonchev–Trinajstić information content (AvgIpc) is 2.70. The molecule has 0 bridgehead atoms. The molecule has 0 saturated carbocycles. The van der Waals surface area contributed by atoms with Crippen LogP contribution in [0.3, 0.4) is 0 Å². The van der Waals surface area contributed by atoms with Crippen LogP contribution >= 0.6 is 15.9 Å². The molecule has 82 valence electrons. The molecule has 5 nitrogen and oxygen atoms in total. The van der Waals surface area contributed by atoms with E-state index in [1.807, 2.05) is 0 Å². The van der Waals surface area contributed by atoms with Crippen molar-refractivity contribution in [1.82, 2.24) is 4.98 Å². The molecule has 1 aromatic heterocycles. The van der Waals surface area contributed by atoms with Crippen molar-refractivity contribution in [3.05, 3.63) is 40.7 Å². The fourth-order valence-corrected chi connectivity index (χ4v) is 1.27. The molecule has 16 heavy (non-hydrogen) atoms. The minimum Gasteiger partial charge on any atom is -0.475 e. The van der Waals surface area contributed by atoms with Gasteiger partial charge >= 0.3 is 12.0 Å². The molecule has 2 aromatic rings. The Morgan fingerprint density at radius 3 is 2.62 bits per heavy atom. The molecule has 6 heteroatoms. The van der Waals surface area contributed by atoms with E-state index in [9.17, 15) is 4.79 Å². The van der Waals surface area contributed by atoms with Crippen LogP contribution in [0, 0.1) is 0 Å². The number of nitrogens with zero attached hydrogens (tertiary/aromatic N) is 1. The van der Waals surface area contributed by atoms with Crippen LogP contribution in [0.15, 0.2) is 39.4 Å². The quantitative estimate of drug-likeness (QED) is 0.938. The first kappa shape index (κ1) is 10.7. The van der Waals surface area contributed by atoms with Gasteiger partial charge in [-0.1, -0.05) is 15.9 Å². The second-order valence-electron chi connectivity index (χ2n) is 2.85. The highest BCUT2D eigenvalue weighted by Crippen LogP contribution is 2.22. The summed E-state index contributed by atoms with van der Waals surface area (Å²) in [6.07, 6.45) is 0.996. The van der Waals surface area contributed by atoms with Crippen molar-refractivity contribution in [2.45, 2.75) is 0 Å². The molecule has 2 rings (SSSR count). The van der Waals surface area contributed by atoms with E-state index < -0.39 is 5.97 Å². The lowest BCUT2D eigenvalue weighted by Gasteiger charge is -1.99. The number of benzene rings is 1. The van der Waals surface area contributed by atoms with E-state index in [0.29, 0.717) is 5.75 Å². The molecule has 0 aliphatic carbocycles. The van der Waals surface area contributed by atoms with Gasteiger partial charge in [-0.2, -0.15) is 4.98 Å². The van der Waals surface area contributed by atoms with E-state index in [0.717, 1.165) is 10.7 Å². The molecular formula is C10H6BrNO4. The van der Waals surface area contributed by atoms with E-state index in [1.54, 1.807) is 24.3 Å². The van der Waals surface area contributed by atoms with Crippen LogP contribution in [0.2, 0.25) is 0 Å². The Balaban J connectivity index is 2.14. The van der Waals surface area contributed by atoms with Crippen LogP contribution in [0.1, 0.15) is 10.6 Å². The molecule has 0 aliphatic rings. The van der Waals surface area contributed by atoms with Crippen molar-refractivity contribution >= 4 is 21.9 Å². The van der Waals surface area contributed by atoms with Crippen molar-refractivity contribution in [3.63, 3.8) is 0 Å². The number of oxazole rings is 1. The lowest BCUT2D eigenvalue weighted by Crippen LogP contribution is -1.91. The second-order valence-corrected chi connectivity index (χ2v) is 3.77. The van der Waals surface area contributed by atoms with Gasteiger partial charge in [0, 0.05) is 4.47 Å². The molecule has 0 amide bonds. The van der Waals surface area contributed by atoms with Crippen molar-refractivity contribution in [2.24, 2.45) is 0 Å². The summed E-state index contributed by atoms with van der Waals surface area (Å²) in [7, 11) is 0. The van der Waals surface area contributed by atoms with Crippen LogP contribution in [0.5, 0.6) is 11.8 Å². The molecule has 0 spiro atoms. The predicted molar refractivity (Wildman–Crippen MR) is 57.7 cm³/mol. The highest BCUT2D eigenvalue weighted by molar-refractivity contribution is 9.10. The maximum absolute atomic E-state index is 10.5. The number of carbonyl (C=O) groups is 1. The zero-order valence-corrected chi connectivity index (χ0v) is 9.47. The first-order valence-electron chi connectivity index (χ1n) is 4.28. The van der Waals surface area contributed by atoms with Crippen LogP contribution < -0.4 is 4.74 Å². The molecule has 0 radical (unpaired) electrons. The maximum Gasteiger partial charge on any atom is 0.399 e. The maximum atomic E-state index is 10.5. The first-order chi connectivity index (χ1) is 7.65. The first-order valence-corrected chi connectivity index (χ1v) is 5.07. The van der Waals surface area contributed by atoms with Gasteiger partial charge in [0.2, 0.25) is 5.76 Å². The highest BCUT2D eigenvalue weighted by Gasteiger charge is 2.11. The second kappa shape index (κ2) is 4.36. The summed E-state index contributed by atoms with van der Waals surface area (Å²) in [5.74, 6) is -0.924. The topological polar surface area (TPSA) is 72.6 Å². The van der Waals surface area contributed by atoms with Gasteiger partial charge in [0.1, 0.15) is 5.75 Å². The van der Waals surface area contributed by atoms with Gasteiger partial charge in [-0.05, 0) is 24.3 Å². The fraction of sp³-hybridized carbons (Fsp3) is 0. The van der Waals surface area contributed by atoms with Gasteiger partial charge in [0.15, 0.2) is 0 Å². The molecule has 0 unspecified atom stereocenters. The lowest BCUT2D eigenvalue weighted by molar-refractivity contribution is 0.0657. The van der Waals surface area contributed by atoms with Gasteiger partial charge < -0.3 is 14.3 Å². The number of carboxylic acids is 1. The van der Waals surface area contributed by atoms with Gasteiger partial charge in [-0.25, -0.2) is 4.79 Å². The molecule has 1 aromatic carbocycles. The SMILES string of the molecule is O=C(O)c1cnc(Oc2ccc(Br)cc2)o1. The number of rotatable bonds is 3. The number of ether oxygens (including phenoxy) is 1. The van der Waals surface area contributed by atoms with Crippen LogP contribution in [0.4, 0.5) is 0 Å². The summed E-state index contributed by atoms with van der Waals surface area (Å²) in [4.78, 5) is 14.2. The minimum atomic E-state index is -1.18. The van der Waals surface area contributed by atoms with Gasteiger partial charge in [0.25, 0.3) is 0 Å². The summed E-state index contributed by atoms with van der Waals surface area (Å²) in [6, 6.07) is 6.98. The Morgan fingerprint density at radius 1 is 1.38 bits per heavy atom. The number of aromatic carboxylic acids is 1. The lowest BCUT2D eigenvalue weighted by atomic mass is 10.3. The predicted octanol–water partition coefficient (Wildman–Crippen LogP) is 2.93. The molecule has 0 saturated heterocycles. The molecule has 0 aliphatic heterocycles. The molecule has 1 heterocycles. The Bertz CT molecular complexity index is 506. The Labute approximate surface area is 98.8 Å². The third kappa shape index (κ3) is 2.40. The third-order valence-electron chi connectivity index (χ3n) is 1.71. The monoisotopic (exact) mass is 283 g/mol. The van der Waals surface area contributed by atoms with E-state index in [2.05, 4.69) is 20.9 Å². The number of carboxylic acid groups (broad SMARTS) is 1. The van der Waals surface area contributed by atoms with Crippen molar-refractivity contribution < 1.29 is 19.1 Å². The summed E-state index contributed by atoms with van der Waals surface area (Å²) in [5, 5.41) is 8.61. The Kier molecular flexibility index (Phi) is 2.91. The Morgan fingerprint density at radius 2 is 2.06 bits per heavy atom. The fourth-order valence-electron chi connectivity index (χ4n) is 1.01. The number of hydrogen-bond donors (Lipinski definition) is 1. The molecule has 0 atom stereocenters. The standard InChI is InChI=1S/C10H6BrNO4/c11-6-1-3-7(4-2-6)15-10-12-5-8(16-10)9(13)14/h1-5H,(H,13,14). The summed E-state index contributed by atoms with van der Waals surface area (Å²) >= 11 is 3.28. The van der Waals surface area contributed by atoms with Crippen molar-refractivity contribution in [1.29, 1.82) is 0 Å². The summed E-state index contributed by atoms with van der Waals surface area (Å²) < 4.78 is 11.0. The van der Waals surface area contributed by atoms with Crippen LogP contribution in [0.25, 0.3) is 0 Å². The summed E-state index contributed by atoms with van der Waals surface area (Å²) in [5.41, 5.74) is 0. The Hall–Kier alpha value is -1.82. The highest BCUT2D eigenvalue weighted by atomic mass is 79.9. The molecule has 0 fully saturated rings. The van der Waals surface area contributed by atoms with Crippen LogP contribution in [-0.2, 0) is 0 Å². The zero-order chi connectivity index (χ0) is 11.5. The minimum absolute atomic E-state index is 0.0975. The van der Waals surface area contributed by atoms with Crippen LogP contribution in [-0.4, -0.2) is 16.1 Å². The number of aromatic nitrogens is 1. The number of halogens is 1. The zero-order valence-electron chi connectivity index (χ0n) is 7.88. The largest absolute Gasteiger partial charge is 0.475 e. The van der Waals surface area contributed by atoms with E-state index in [4.69, 9.17) is 14.3 Å².